The van der Waals surface area contributed by atoms with Gasteiger partial charge in [0.05, 0.1) is 22.4 Å². The summed E-state index contributed by atoms with van der Waals surface area (Å²) >= 11 is 9.47. The SMILES string of the molecule is CCCNC(C)c1nnn(-c2c(Cl)cc(F)cc2Br)c1C. The summed E-state index contributed by atoms with van der Waals surface area (Å²) in [5.74, 6) is -0.397. The Morgan fingerprint density at radius 1 is 1.48 bits per heavy atom. The number of hydrogen-bond donors (Lipinski definition) is 1. The van der Waals surface area contributed by atoms with Crippen molar-refractivity contribution in [2.75, 3.05) is 6.54 Å². The summed E-state index contributed by atoms with van der Waals surface area (Å²) in [4.78, 5) is 0. The first-order chi connectivity index (χ1) is 9.95. The van der Waals surface area contributed by atoms with Crippen molar-refractivity contribution in [3.63, 3.8) is 0 Å². The zero-order chi connectivity index (χ0) is 15.6. The van der Waals surface area contributed by atoms with Gasteiger partial charge in [0.25, 0.3) is 0 Å². The number of benzene rings is 1. The summed E-state index contributed by atoms with van der Waals surface area (Å²) in [7, 11) is 0. The average molecular weight is 376 g/mol. The maximum absolute atomic E-state index is 13.3. The third-order valence-corrected chi connectivity index (χ3v) is 4.13. The number of halogens is 3. The predicted molar refractivity (Wildman–Crippen MR) is 85.5 cm³/mol. The molecule has 1 heterocycles. The lowest BCUT2D eigenvalue weighted by atomic mass is 10.2. The van der Waals surface area contributed by atoms with Gasteiger partial charge in [0.15, 0.2) is 0 Å². The second-order valence-corrected chi connectivity index (χ2v) is 6.13. The molecule has 1 unspecified atom stereocenters. The molecular formula is C14H17BrClFN4. The Bertz CT molecular complexity index is 621. The highest BCUT2D eigenvalue weighted by Crippen LogP contribution is 2.31. The van der Waals surface area contributed by atoms with Gasteiger partial charge in [0.2, 0.25) is 0 Å². The molecule has 0 saturated carbocycles. The number of hydrogen-bond acceptors (Lipinski definition) is 3. The molecule has 2 aromatic rings. The lowest BCUT2D eigenvalue weighted by Crippen LogP contribution is -2.20. The van der Waals surface area contributed by atoms with E-state index in [1.54, 1.807) is 4.68 Å². The molecule has 21 heavy (non-hydrogen) atoms. The van der Waals surface area contributed by atoms with Gasteiger partial charge in [-0.3, -0.25) is 0 Å². The molecule has 7 heteroatoms. The van der Waals surface area contributed by atoms with Crippen LogP contribution < -0.4 is 5.32 Å². The van der Waals surface area contributed by atoms with E-state index >= 15 is 0 Å². The van der Waals surface area contributed by atoms with Crippen LogP contribution in [0.1, 0.15) is 37.7 Å². The fourth-order valence-corrected chi connectivity index (χ4v) is 3.15. The van der Waals surface area contributed by atoms with Crippen LogP contribution in [0.2, 0.25) is 5.02 Å². The van der Waals surface area contributed by atoms with Crippen LogP contribution in [0.25, 0.3) is 5.69 Å². The molecule has 0 fully saturated rings. The summed E-state index contributed by atoms with van der Waals surface area (Å²) in [5, 5.41) is 12.0. The van der Waals surface area contributed by atoms with Gasteiger partial charge in [-0.25, -0.2) is 9.07 Å². The third kappa shape index (κ3) is 3.44. The summed E-state index contributed by atoms with van der Waals surface area (Å²) in [6.45, 7) is 6.98. The smallest absolute Gasteiger partial charge is 0.125 e. The van der Waals surface area contributed by atoms with E-state index in [0.717, 1.165) is 24.4 Å². The van der Waals surface area contributed by atoms with E-state index in [4.69, 9.17) is 11.6 Å². The second kappa shape index (κ2) is 6.85. The van der Waals surface area contributed by atoms with E-state index in [1.807, 2.05) is 13.8 Å². The van der Waals surface area contributed by atoms with Crippen LogP contribution in [0.15, 0.2) is 16.6 Å². The van der Waals surface area contributed by atoms with Crippen molar-refractivity contribution in [3.8, 4) is 5.69 Å². The summed E-state index contributed by atoms with van der Waals surface area (Å²) in [6.07, 6.45) is 1.05. The molecule has 0 bridgehead atoms. The topological polar surface area (TPSA) is 42.7 Å². The van der Waals surface area contributed by atoms with Gasteiger partial charge in [-0.15, -0.1) is 5.10 Å². The van der Waals surface area contributed by atoms with Crippen molar-refractivity contribution in [2.24, 2.45) is 0 Å². The van der Waals surface area contributed by atoms with Gasteiger partial charge < -0.3 is 5.32 Å². The van der Waals surface area contributed by atoms with E-state index in [9.17, 15) is 4.39 Å². The van der Waals surface area contributed by atoms with Gasteiger partial charge >= 0.3 is 0 Å². The van der Waals surface area contributed by atoms with E-state index in [1.165, 1.54) is 12.1 Å². The monoisotopic (exact) mass is 374 g/mol. The number of nitrogens with zero attached hydrogens (tertiary/aromatic N) is 3. The minimum atomic E-state index is -0.397. The molecule has 1 aromatic carbocycles. The Morgan fingerprint density at radius 2 is 2.19 bits per heavy atom. The third-order valence-electron chi connectivity index (χ3n) is 3.23. The van der Waals surface area contributed by atoms with Crippen molar-refractivity contribution in [3.05, 3.63) is 38.8 Å². The fourth-order valence-electron chi connectivity index (χ4n) is 2.15. The van der Waals surface area contributed by atoms with Crippen molar-refractivity contribution < 1.29 is 4.39 Å². The Balaban J connectivity index is 2.41. The lowest BCUT2D eigenvalue weighted by molar-refractivity contribution is 0.555. The molecule has 0 amide bonds. The van der Waals surface area contributed by atoms with Crippen LogP contribution in [-0.2, 0) is 0 Å². The highest BCUT2D eigenvalue weighted by molar-refractivity contribution is 9.10. The number of rotatable bonds is 5. The van der Waals surface area contributed by atoms with E-state index in [2.05, 4.69) is 38.5 Å². The van der Waals surface area contributed by atoms with E-state index in [0.29, 0.717) is 10.2 Å². The van der Waals surface area contributed by atoms with Gasteiger partial charge in [-0.1, -0.05) is 23.7 Å². The minimum Gasteiger partial charge on any atom is -0.309 e. The lowest BCUT2D eigenvalue weighted by Gasteiger charge is -2.12. The molecule has 1 N–H and O–H groups in total. The van der Waals surface area contributed by atoms with Crippen LogP contribution >= 0.6 is 27.5 Å². The van der Waals surface area contributed by atoms with Crippen molar-refractivity contribution >= 4 is 27.5 Å². The molecule has 4 nitrogen and oxygen atoms in total. The van der Waals surface area contributed by atoms with Crippen LogP contribution in [0.4, 0.5) is 4.39 Å². The largest absolute Gasteiger partial charge is 0.309 e. The highest BCUT2D eigenvalue weighted by Gasteiger charge is 2.19. The summed E-state index contributed by atoms with van der Waals surface area (Å²) in [5.41, 5.74) is 2.33. The minimum absolute atomic E-state index is 0.0942. The first kappa shape index (κ1) is 16.4. The normalized spacial score (nSPS) is 12.7. The molecule has 0 aliphatic heterocycles. The Hall–Kier alpha value is -0.980. The van der Waals surface area contributed by atoms with Crippen LogP contribution in [0.3, 0.4) is 0 Å². The Kier molecular flexibility index (Phi) is 5.35. The summed E-state index contributed by atoms with van der Waals surface area (Å²) in [6, 6.07) is 2.72. The van der Waals surface area contributed by atoms with Crippen LogP contribution in [0.5, 0.6) is 0 Å². The average Bonchev–Trinajstić information content (AvgIpc) is 2.77. The zero-order valence-electron chi connectivity index (χ0n) is 12.1. The zero-order valence-corrected chi connectivity index (χ0v) is 14.5. The molecule has 114 valence electrons. The van der Waals surface area contributed by atoms with Gasteiger partial charge in [0, 0.05) is 4.47 Å². The van der Waals surface area contributed by atoms with Crippen LogP contribution in [-0.4, -0.2) is 21.5 Å². The first-order valence-electron chi connectivity index (χ1n) is 6.76. The molecule has 1 atom stereocenters. The van der Waals surface area contributed by atoms with Gasteiger partial charge in [0.1, 0.15) is 11.5 Å². The van der Waals surface area contributed by atoms with Crippen molar-refractivity contribution in [2.45, 2.75) is 33.2 Å². The fraction of sp³-hybridized carbons (Fsp3) is 0.429. The molecule has 0 spiro atoms. The Labute approximate surface area is 136 Å². The maximum atomic E-state index is 13.3. The molecule has 0 aliphatic carbocycles. The van der Waals surface area contributed by atoms with Gasteiger partial charge in [-0.05, 0) is 54.9 Å². The second-order valence-electron chi connectivity index (χ2n) is 4.87. The molecule has 0 radical (unpaired) electrons. The maximum Gasteiger partial charge on any atom is 0.125 e. The standard InChI is InChI=1S/C14H17BrClFN4/c1-4-5-18-8(2)13-9(3)21(20-19-13)14-11(15)6-10(17)7-12(14)16/h6-8,18H,4-5H2,1-3H3. The van der Waals surface area contributed by atoms with Gasteiger partial charge in [-0.2, -0.15) is 0 Å². The molecule has 2 rings (SSSR count). The molecule has 0 saturated heterocycles. The van der Waals surface area contributed by atoms with Crippen molar-refractivity contribution in [1.29, 1.82) is 0 Å². The Morgan fingerprint density at radius 3 is 2.81 bits per heavy atom. The van der Waals surface area contributed by atoms with E-state index < -0.39 is 5.82 Å². The summed E-state index contributed by atoms with van der Waals surface area (Å²) < 4.78 is 15.5. The molecule has 1 aromatic heterocycles. The van der Waals surface area contributed by atoms with E-state index in [-0.39, 0.29) is 11.1 Å². The first-order valence-corrected chi connectivity index (χ1v) is 7.93. The number of nitrogens with one attached hydrogen (secondary N) is 1. The predicted octanol–water partition coefficient (Wildman–Crippen LogP) is 4.19. The number of aromatic nitrogens is 3. The highest BCUT2D eigenvalue weighted by atomic mass is 79.9. The van der Waals surface area contributed by atoms with Crippen molar-refractivity contribution in [1.82, 2.24) is 20.3 Å². The molecular weight excluding hydrogens is 359 g/mol. The molecule has 0 aliphatic rings. The van der Waals surface area contributed by atoms with Crippen LogP contribution in [0, 0.1) is 12.7 Å². The quantitative estimate of drug-likeness (QED) is 0.852.